The van der Waals surface area contributed by atoms with Crippen molar-refractivity contribution in [2.75, 3.05) is 5.32 Å². The molecule has 0 fully saturated rings. The first-order valence-electron chi connectivity index (χ1n) is 10.6. The smallest absolute Gasteiger partial charge is 0.269 e. The van der Waals surface area contributed by atoms with Crippen LogP contribution in [0.25, 0.3) is 27.4 Å². The number of nitrogens with one attached hydrogen (secondary N) is 1. The van der Waals surface area contributed by atoms with Crippen LogP contribution in [-0.4, -0.2) is 30.0 Å². The molecule has 0 unspecified atom stereocenters. The highest BCUT2D eigenvalue weighted by Crippen LogP contribution is 2.32. The third-order valence-corrected chi connectivity index (χ3v) is 6.90. The van der Waals surface area contributed by atoms with E-state index in [9.17, 15) is 18.0 Å². The van der Waals surface area contributed by atoms with E-state index in [0.29, 0.717) is 38.3 Å². The number of carbonyl (C=O) groups is 2. The molecule has 0 radical (unpaired) electrons. The molecule has 180 valence electrons. The van der Waals surface area contributed by atoms with Crippen molar-refractivity contribution < 1.29 is 18.0 Å². The molecular formula is C25H18ClN5O4S. The number of hydrogen-bond acceptors (Lipinski definition) is 5. The first-order valence-corrected chi connectivity index (χ1v) is 12.5. The molecule has 0 aliphatic carbocycles. The third kappa shape index (κ3) is 4.17. The first-order chi connectivity index (χ1) is 17.1. The van der Waals surface area contributed by atoms with Gasteiger partial charge in [-0.1, -0.05) is 41.9 Å². The minimum Gasteiger partial charge on any atom is -0.364 e. The lowest BCUT2D eigenvalue weighted by atomic mass is 10.0. The number of carbonyl (C=O) groups excluding carboxylic acids is 2. The zero-order valence-corrected chi connectivity index (χ0v) is 20.0. The molecular weight excluding hydrogens is 502 g/mol. The van der Waals surface area contributed by atoms with Crippen LogP contribution < -0.4 is 16.2 Å². The summed E-state index contributed by atoms with van der Waals surface area (Å²) in [7, 11) is -3.98. The standard InChI is InChI=1S/C25H18ClN5O4S/c26-21-7-2-1-6-18(21)25(33)29-15-10-8-14-9-11-19-22(24(27)32)30-31(23(19)20(14)12-15)16-4-3-5-17(13-16)36(28,34)35/h1-13H,(H2,27,32)(H,29,33)(H2,28,34,35). The van der Waals surface area contributed by atoms with E-state index >= 15 is 0 Å². The second kappa shape index (κ2) is 8.76. The summed E-state index contributed by atoms with van der Waals surface area (Å²) < 4.78 is 25.3. The summed E-state index contributed by atoms with van der Waals surface area (Å²) in [5.41, 5.74) is 7.26. The van der Waals surface area contributed by atoms with E-state index < -0.39 is 15.9 Å². The predicted molar refractivity (Wildman–Crippen MR) is 138 cm³/mol. The molecule has 0 atom stereocenters. The number of halogens is 1. The number of primary sulfonamides is 1. The van der Waals surface area contributed by atoms with Crippen LogP contribution in [0.2, 0.25) is 5.02 Å². The van der Waals surface area contributed by atoms with Crippen LogP contribution >= 0.6 is 11.6 Å². The van der Waals surface area contributed by atoms with Crippen LogP contribution in [0.5, 0.6) is 0 Å². The van der Waals surface area contributed by atoms with Crippen molar-refractivity contribution in [2.24, 2.45) is 10.9 Å². The normalized spacial score (nSPS) is 11.6. The van der Waals surface area contributed by atoms with Crippen molar-refractivity contribution >= 4 is 60.8 Å². The average Bonchev–Trinajstić information content (AvgIpc) is 3.24. The molecule has 2 amide bonds. The molecule has 11 heteroatoms. The van der Waals surface area contributed by atoms with Crippen molar-refractivity contribution in [1.29, 1.82) is 0 Å². The van der Waals surface area contributed by atoms with Gasteiger partial charge >= 0.3 is 0 Å². The van der Waals surface area contributed by atoms with Crippen molar-refractivity contribution in [3.63, 3.8) is 0 Å². The van der Waals surface area contributed by atoms with Gasteiger partial charge in [0, 0.05) is 16.5 Å². The topological polar surface area (TPSA) is 150 Å². The lowest BCUT2D eigenvalue weighted by molar-refractivity contribution is 0.0994. The van der Waals surface area contributed by atoms with Gasteiger partial charge in [-0.25, -0.2) is 18.2 Å². The number of sulfonamides is 1. The second-order valence-corrected chi connectivity index (χ2v) is 9.97. The molecule has 0 saturated carbocycles. The summed E-state index contributed by atoms with van der Waals surface area (Å²) in [4.78, 5) is 24.9. The number of anilines is 1. The van der Waals surface area contributed by atoms with Gasteiger partial charge in [0.05, 0.1) is 26.7 Å². The van der Waals surface area contributed by atoms with Crippen molar-refractivity contribution in [3.8, 4) is 5.69 Å². The fraction of sp³-hybridized carbons (Fsp3) is 0. The molecule has 4 aromatic carbocycles. The Morgan fingerprint density at radius 3 is 2.39 bits per heavy atom. The van der Waals surface area contributed by atoms with Crippen molar-refractivity contribution in [1.82, 2.24) is 9.78 Å². The maximum Gasteiger partial charge on any atom is 0.269 e. The Balaban J connectivity index is 1.72. The van der Waals surface area contributed by atoms with E-state index in [0.717, 1.165) is 5.39 Å². The summed E-state index contributed by atoms with van der Waals surface area (Å²) in [5, 5.41) is 14.7. The molecule has 5 aromatic rings. The maximum atomic E-state index is 12.8. The average molecular weight is 520 g/mol. The molecule has 0 spiro atoms. The Morgan fingerprint density at radius 1 is 0.917 bits per heavy atom. The number of rotatable bonds is 5. The Kier molecular flexibility index (Phi) is 5.71. The zero-order chi connectivity index (χ0) is 25.6. The third-order valence-electron chi connectivity index (χ3n) is 5.66. The quantitative estimate of drug-likeness (QED) is 0.322. The van der Waals surface area contributed by atoms with E-state index in [-0.39, 0.29) is 16.5 Å². The molecule has 0 bridgehead atoms. The highest BCUT2D eigenvalue weighted by Gasteiger charge is 2.20. The van der Waals surface area contributed by atoms with Crippen LogP contribution in [0.1, 0.15) is 20.8 Å². The van der Waals surface area contributed by atoms with Crippen LogP contribution in [0.3, 0.4) is 0 Å². The van der Waals surface area contributed by atoms with Gasteiger partial charge in [0.15, 0.2) is 5.69 Å². The van der Waals surface area contributed by atoms with E-state index in [1.54, 1.807) is 60.7 Å². The van der Waals surface area contributed by atoms with Gasteiger partial charge < -0.3 is 11.1 Å². The second-order valence-electron chi connectivity index (χ2n) is 8.00. The molecule has 1 aromatic heterocycles. The number of nitrogens with two attached hydrogens (primary N) is 2. The minimum atomic E-state index is -3.98. The first kappa shape index (κ1) is 23.5. The summed E-state index contributed by atoms with van der Waals surface area (Å²) >= 11 is 6.16. The molecule has 0 saturated heterocycles. The Bertz CT molecular complexity index is 1810. The SMILES string of the molecule is NC(=O)c1nn(-c2cccc(S(N)(=O)=O)c2)c2c1ccc1ccc(NC(=O)c3ccccc3Cl)cc12. The van der Waals surface area contributed by atoms with Crippen LogP contribution in [0.15, 0.2) is 83.8 Å². The monoisotopic (exact) mass is 519 g/mol. The van der Waals surface area contributed by atoms with Crippen LogP contribution in [0.4, 0.5) is 5.69 Å². The molecule has 5 N–H and O–H groups in total. The van der Waals surface area contributed by atoms with Gasteiger partial charge in [0.1, 0.15) is 0 Å². The number of aromatic nitrogens is 2. The van der Waals surface area contributed by atoms with Gasteiger partial charge in [-0.2, -0.15) is 5.10 Å². The summed E-state index contributed by atoms with van der Waals surface area (Å²) in [5.74, 6) is -1.14. The highest BCUT2D eigenvalue weighted by molar-refractivity contribution is 7.89. The van der Waals surface area contributed by atoms with Gasteiger partial charge in [-0.05, 0) is 53.9 Å². The molecule has 0 aliphatic rings. The lowest BCUT2D eigenvalue weighted by Gasteiger charge is -2.10. The van der Waals surface area contributed by atoms with Crippen LogP contribution in [0, 0.1) is 0 Å². The van der Waals surface area contributed by atoms with Gasteiger partial charge in [0.2, 0.25) is 10.0 Å². The Labute approximate surface area is 210 Å². The van der Waals surface area contributed by atoms with Crippen molar-refractivity contribution in [2.45, 2.75) is 4.90 Å². The fourth-order valence-corrected chi connectivity index (χ4v) is 4.78. The van der Waals surface area contributed by atoms with Gasteiger partial charge in [-0.15, -0.1) is 0 Å². The number of benzene rings is 4. The Morgan fingerprint density at radius 2 is 1.67 bits per heavy atom. The van der Waals surface area contributed by atoms with Gasteiger partial charge in [0.25, 0.3) is 11.8 Å². The lowest BCUT2D eigenvalue weighted by Crippen LogP contribution is -2.13. The highest BCUT2D eigenvalue weighted by atomic mass is 35.5. The number of primary amides is 1. The Hall–Kier alpha value is -4.25. The number of fused-ring (bicyclic) bond motifs is 3. The molecule has 1 heterocycles. The van der Waals surface area contributed by atoms with Crippen molar-refractivity contribution in [3.05, 3.63) is 95.1 Å². The maximum absolute atomic E-state index is 12.8. The fourth-order valence-electron chi connectivity index (χ4n) is 4.01. The van der Waals surface area contributed by atoms with E-state index in [2.05, 4.69) is 10.4 Å². The molecule has 9 nitrogen and oxygen atoms in total. The molecule has 5 rings (SSSR count). The summed E-state index contributed by atoms with van der Waals surface area (Å²) in [6.45, 7) is 0. The molecule has 36 heavy (non-hydrogen) atoms. The summed E-state index contributed by atoms with van der Waals surface area (Å²) in [6, 6.07) is 21.3. The minimum absolute atomic E-state index is 0.0124. The van der Waals surface area contributed by atoms with Gasteiger partial charge in [-0.3, -0.25) is 9.59 Å². The largest absolute Gasteiger partial charge is 0.364 e. The van der Waals surface area contributed by atoms with E-state index in [4.69, 9.17) is 22.5 Å². The summed E-state index contributed by atoms with van der Waals surface area (Å²) in [6.07, 6.45) is 0. The molecule has 0 aliphatic heterocycles. The number of hydrogen-bond donors (Lipinski definition) is 3. The zero-order valence-electron chi connectivity index (χ0n) is 18.5. The predicted octanol–water partition coefficient (Wildman–Crippen LogP) is 3.83. The van der Waals surface area contributed by atoms with E-state index in [1.807, 2.05) is 0 Å². The number of nitrogens with zero attached hydrogens (tertiary/aromatic N) is 2. The number of amides is 2. The van der Waals surface area contributed by atoms with E-state index in [1.165, 1.54) is 22.9 Å². The van der Waals surface area contributed by atoms with Crippen LogP contribution in [-0.2, 0) is 10.0 Å².